The van der Waals surface area contributed by atoms with Gasteiger partial charge in [0.25, 0.3) is 0 Å². The highest BCUT2D eigenvalue weighted by atomic mass is 35.5. The average molecular weight is 1920 g/mol. The number of hydrogen-bond donors (Lipinski definition) is 1. The normalized spacial score (nSPS) is 26.8. The summed E-state index contributed by atoms with van der Waals surface area (Å²) in [5.41, 5.74) is 4.09. The van der Waals surface area contributed by atoms with Gasteiger partial charge in [-0.2, -0.15) is 0 Å². The number of likely N-dealkylation sites (tertiary alicyclic amines) is 4. The second kappa shape index (κ2) is 57.2. The zero-order chi connectivity index (χ0) is 81.7. The van der Waals surface area contributed by atoms with Crippen LogP contribution in [-0.4, -0.2) is 219 Å². The monoisotopic (exact) mass is 1910 g/mol. The van der Waals surface area contributed by atoms with Crippen molar-refractivity contribution in [3.63, 3.8) is 0 Å². The molecule has 0 bridgehead atoms. The van der Waals surface area contributed by atoms with Gasteiger partial charge in [0.2, 0.25) is 0 Å². The highest BCUT2D eigenvalue weighted by Crippen LogP contribution is 2.38. The van der Waals surface area contributed by atoms with E-state index >= 15 is 0 Å². The molecule has 122 heavy (non-hydrogen) atoms. The second-order valence-corrected chi connectivity index (χ2v) is 37.1. The first kappa shape index (κ1) is 107. The fraction of sp³-hybridized carbons (Fsp3) is 0.674. The molecule has 11 aliphatic rings. The van der Waals surface area contributed by atoms with E-state index in [4.69, 9.17) is 103 Å². The van der Waals surface area contributed by atoms with E-state index in [-0.39, 0.29) is 98.5 Å². The number of aliphatic hydroxyl groups is 1. The summed E-state index contributed by atoms with van der Waals surface area (Å²) in [6.45, 7) is 15.2. The average Bonchev–Trinajstić information content (AvgIpc) is 1.65. The van der Waals surface area contributed by atoms with Crippen molar-refractivity contribution in [2.45, 2.75) is 305 Å². The minimum absolute atomic E-state index is 0. The van der Waals surface area contributed by atoms with Crippen LogP contribution in [0.25, 0.3) is 10.8 Å². The molecule has 7 unspecified atom stereocenters. The van der Waals surface area contributed by atoms with E-state index in [1.165, 1.54) is 165 Å². The van der Waals surface area contributed by atoms with E-state index in [1.807, 2.05) is 54.6 Å². The van der Waals surface area contributed by atoms with Gasteiger partial charge in [-0.25, -0.2) is 0 Å². The number of morpholine rings is 1. The third kappa shape index (κ3) is 33.0. The first-order valence-corrected chi connectivity index (χ1v) is 47.4. The van der Waals surface area contributed by atoms with Crippen molar-refractivity contribution in [1.29, 1.82) is 0 Å². The lowest BCUT2D eigenvalue weighted by molar-refractivity contribution is -0.146. The molecule has 5 aliphatic heterocycles. The van der Waals surface area contributed by atoms with Crippen LogP contribution in [0, 0.1) is 5.92 Å². The lowest BCUT2D eigenvalue weighted by atomic mass is 9.86. The highest BCUT2D eigenvalue weighted by molar-refractivity contribution is 6.37. The van der Waals surface area contributed by atoms with Gasteiger partial charge in [-0.3, -0.25) is 38.9 Å². The van der Waals surface area contributed by atoms with E-state index in [9.17, 15) is 19.5 Å². The predicted octanol–water partition coefficient (Wildman–Crippen LogP) is 22.6. The molecular formula is C95H138Cl11N5O11. The van der Waals surface area contributed by atoms with Crippen molar-refractivity contribution < 1.29 is 52.6 Å². The number of carbonyl (C=O) groups excluding carboxylic acids is 3. The molecule has 0 amide bonds. The molecule has 5 heterocycles. The van der Waals surface area contributed by atoms with Gasteiger partial charge in [0.15, 0.2) is 0 Å². The van der Waals surface area contributed by atoms with Crippen LogP contribution in [0.15, 0.2) is 97.1 Å². The number of benzene rings is 5. The summed E-state index contributed by atoms with van der Waals surface area (Å²) in [6, 6.07) is 34.1. The smallest absolute Gasteiger partial charge is 0.302 e. The van der Waals surface area contributed by atoms with Gasteiger partial charge in [-0.1, -0.05) is 227 Å². The number of carbonyl (C=O) groups is 3. The molecule has 0 aromatic heterocycles. The van der Waals surface area contributed by atoms with Gasteiger partial charge < -0.3 is 38.3 Å². The third-order valence-electron chi connectivity index (χ3n) is 26.7. The number of rotatable bonds is 25. The van der Waals surface area contributed by atoms with Gasteiger partial charge in [0, 0.05) is 150 Å². The molecule has 5 aromatic rings. The maximum Gasteiger partial charge on any atom is 0.302 e. The molecule has 16 nitrogen and oxygen atoms in total. The Morgan fingerprint density at radius 1 is 0.402 bits per heavy atom. The van der Waals surface area contributed by atoms with Gasteiger partial charge >= 0.3 is 5.97 Å². The number of ether oxygens (including phenoxy) is 7. The number of β-amino-alcohol motifs (C(OH)–C–C–N with tert-alkyl or cyclic N) is 1. The number of halogens is 11. The Hall–Kier alpha value is -2.12. The maximum atomic E-state index is 11.6. The lowest BCUT2D eigenvalue weighted by Gasteiger charge is -2.41. The quantitative estimate of drug-likeness (QED) is 0.0435. The number of esters is 1. The van der Waals surface area contributed by atoms with Crippen LogP contribution < -0.4 is 0 Å². The van der Waals surface area contributed by atoms with Crippen LogP contribution in [0.4, 0.5) is 0 Å². The molecule has 0 radical (unpaired) electrons. The maximum absolute atomic E-state index is 11.6. The molecule has 11 fully saturated rings. The fourth-order valence-electron chi connectivity index (χ4n) is 20.4. The molecular weight excluding hydrogens is 1780 g/mol. The van der Waals surface area contributed by atoms with Gasteiger partial charge in [-0.05, 0) is 167 Å². The van der Waals surface area contributed by atoms with Crippen molar-refractivity contribution in [3.05, 3.63) is 149 Å². The number of hydrogen-bond acceptors (Lipinski definition) is 16. The Morgan fingerprint density at radius 2 is 0.795 bits per heavy atom. The Kier molecular flexibility index (Phi) is 50.2. The SMILES string of the molecule is CC(=O)OC1CCN([C@@H]2CCCCC2OCCc2cccc3ccccc23)C1.Cl.Cl.Cl.Cl.Cl.Clc1cccc(Cl)c1COC1CCCC[C@H]1N1CCOCC1.O=C1CCN([C@@H]2CCCCC2OCCCC2CCCCC2)C1.O=C1CCN([C@@H]2CCCCC2OCc2c(Cl)cccc2Cl)C1.OC1CCN(C2CCCC[C@@H]2OCCc2c(Cl)cccc2Cl)C1. The van der Waals surface area contributed by atoms with Crippen molar-refractivity contribution >= 4 is 160 Å². The van der Waals surface area contributed by atoms with E-state index < -0.39 is 0 Å². The second-order valence-electron chi connectivity index (χ2n) is 34.7. The molecule has 16 rings (SSSR count). The zero-order valence-electron chi connectivity index (χ0n) is 71.7. The van der Waals surface area contributed by atoms with Crippen molar-refractivity contribution in [1.82, 2.24) is 24.5 Å². The van der Waals surface area contributed by atoms with Crippen LogP contribution in [0.1, 0.15) is 228 Å². The summed E-state index contributed by atoms with van der Waals surface area (Å²) < 4.78 is 42.2. The van der Waals surface area contributed by atoms with Gasteiger partial charge in [-0.15, -0.1) is 62.0 Å². The molecule has 5 saturated heterocycles. The van der Waals surface area contributed by atoms with Crippen LogP contribution in [0.3, 0.4) is 0 Å². The molecule has 6 aliphatic carbocycles. The first-order chi connectivity index (χ1) is 57.1. The van der Waals surface area contributed by atoms with E-state index in [0.29, 0.717) is 123 Å². The molecule has 12 atom stereocenters. The summed E-state index contributed by atoms with van der Waals surface area (Å²) in [5, 5.41) is 16.5. The zero-order valence-corrected chi connectivity index (χ0v) is 80.3. The first-order valence-electron chi connectivity index (χ1n) is 45.1. The number of Topliss-reactive ketones (excluding diaryl/α,β-unsaturated/α-hetero) is 2. The molecule has 6 saturated carbocycles. The summed E-state index contributed by atoms with van der Waals surface area (Å²) in [7, 11) is 0. The third-order valence-corrected chi connectivity index (χ3v) is 28.8. The largest absolute Gasteiger partial charge is 0.461 e. The van der Waals surface area contributed by atoms with Crippen LogP contribution in [0.2, 0.25) is 30.1 Å². The Bertz CT molecular complexity index is 3790. The number of aliphatic hydroxyl groups excluding tert-OH is 1. The van der Waals surface area contributed by atoms with Crippen molar-refractivity contribution in [2.24, 2.45) is 5.92 Å². The number of ketones is 2. The van der Waals surface area contributed by atoms with Crippen molar-refractivity contribution in [2.75, 3.05) is 98.5 Å². The highest BCUT2D eigenvalue weighted by Gasteiger charge is 2.40. The van der Waals surface area contributed by atoms with Crippen LogP contribution >= 0.6 is 132 Å². The predicted molar refractivity (Wildman–Crippen MR) is 509 cm³/mol. The Morgan fingerprint density at radius 3 is 1.25 bits per heavy atom. The van der Waals surface area contributed by atoms with Crippen LogP contribution in [0.5, 0.6) is 0 Å². The molecule has 5 aromatic carbocycles. The van der Waals surface area contributed by atoms with Crippen LogP contribution in [-0.2, 0) is 73.6 Å². The van der Waals surface area contributed by atoms with Gasteiger partial charge in [0.05, 0.1) is 89.4 Å². The lowest BCUT2D eigenvalue weighted by Crippen LogP contribution is -2.51. The minimum Gasteiger partial charge on any atom is -0.461 e. The Balaban J connectivity index is 0.000000208. The molecule has 1 N–H and O–H groups in total. The van der Waals surface area contributed by atoms with E-state index in [0.717, 1.165) is 166 Å². The topological polar surface area (TPSA) is 152 Å². The Labute approximate surface area is 789 Å². The summed E-state index contributed by atoms with van der Waals surface area (Å²) in [5.74, 6) is 1.56. The van der Waals surface area contributed by atoms with E-state index in [1.54, 1.807) is 0 Å². The minimum atomic E-state index is -0.168. The molecule has 686 valence electrons. The molecule has 0 spiro atoms. The number of nitrogens with zero attached hydrogens (tertiary/aromatic N) is 5. The number of fused-ring (bicyclic) bond motifs is 1. The summed E-state index contributed by atoms with van der Waals surface area (Å²) >= 11 is 37.3. The van der Waals surface area contributed by atoms with E-state index in [2.05, 4.69) is 67.0 Å². The van der Waals surface area contributed by atoms with Crippen molar-refractivity contribution in [3.8, 4) is 0 Å². The summed E-state index contributed by atoms with van der Waals surface area (Å²) in [4.78, 5) is 46.5. The standard InChI is InChI=1S/C24H31NO3.C19H33NO2.C18H25Cl2NO2.C17H23Cl2NO2.C17H21Cl2NO2.5ClH/c1-18(26)28-21-13-15-25(17-21)23-11-4-5-12-24(23)27-16-14-20-9-6-8-19-7-2-3-10-22(19)20;21-17-12-13-20(15-17)18-10-4-5-11-19(18)22-14-6-9-16-7-2-1-3-8-16;19-15-4-3-5-16(20)14(15)9-11-23-18-7-2-1-6-17(18)21-10-8-13(22)12-21;18-14-4-3-5-15(19)13(14)12-22-17-7-2-1-6-16(17)20-8-10-21-11-9-20;18-14-4-3-5-15(19)13(14)11-22-17-7-2-1-6-16(17)20-9-8-12(21)10-20;;;;;/h2-3,6-10,21,23-24H,4-5,11-17H2,1H3;16,18-19H,1-15H2;3-5,13,17-18,22H,1-2,6-12H2;3-5,16-17H,1-2,6-12H2;3-5,16-17H,1-2,6-11H2;5*1H/t21?,23-,24?;18-,19?;13?,17?,18-;2*16-,17?;;;;;/m11011...../s1. The molecule has 27 heteroatoms. The fourth-order valence-corrected chi connectivity index (χ4v) is 22.0. The van der Waals surface area contributed by atoms with Gasteiger partial charge in [0.1, 0.15) is 17.7 Å². The summed E-state index contributed by atoms with van der Waals surface area (Å²) in [6.07, 6.45) is 40.0.